The number of rotatable bonds is 7. The minimum atomic E-state index is -3.71. The number of sulfonamides is 1. The predicted molar refractivity (Wildman–Crippen MR) is 113 cm³/mol. The van der Waals surface area contributed by atoms with Crippen LogP contribution in [-0.4, -0.2) is 31.1 Å². The van der Waals surface area contributed by atoms with Crippen LogP contribution >= 0.6 is 11.3 Å². The highest BCUT2D eigenvalue weighted by Gasteiger charge is 2.23. The number of anilines is 1. The summed E-state index contributed by atoms with van der Waals surface area (Å²) in [5.41, 5.74) is 4.53. The van der Waals surface area contributed by atoms with Gasteiger partial charge >= 0.3 is 0 Å². The van der Waals surface area contributed by atoms with Crippen LogP contribution in [0.4, 0.5) is 5.13 Å². The fourth-order valence-electron chi connectivity index (χ4n) is 2.94. The summed E-state index contributed by atoms with van der Waals surface area (Å²) in [6.07, 6.45) is 0.0116. The van der Waals surface area contributed by atoms with Gasteiger partial charge < -0.3 is 5.32 Å². The second kappa shape index (κ2) is 8.67. The van der Waals surface area contributed by atoms with E-state index in [0.717, 1.165) is 32.8 Å². The minimum Gasteiger partial charge on any atom is -0.300 e. The first-order valence-electron chi connectivity index (χ1n) is 9.15. The average Bonchev–Trinajstić information content (AvgIpc) is 3.06. The van der Waals surface area contributed by atoms with Gasteiger partial charge in [0.2, 0.25) is 21.1 Å². The molecule has 1 aromatic heterocycles. The Morgan fingerprint density at radius 2 is 1.50 bits per heavy atom. The van der Waals surface area contributed by atoms with E-state index in [2.05, 4.69) is 20.2 Å². The number of benzene rings is 1. The zero-order valence-electron chi connectivity index (χ0n) is 17.4. The largest absolute Gasteiger partial charge is 0.300 e. The van der Waals surface area contributed by atoms with E-state index in [1.807, 2.05) is 48.5 Å². The molecule has 2 rings (SSSR count). The second-order valence-corrected chi connectivity index (χ2v) is 9.96. The highest BCUT2D eigenvalue weighted by atomic mass is 32.2. The molecule has 0 aliphatic heterocycles. The van der Waals surface area contributed by atoms with Gasteiger partial charge in [-0.1, -0.05) is 25.2 Å². The van der Waals surface area contributed by atoms with Gasteiger partial charge in [-0.2, -0.15) is 0 Å². The molecule has 2 aromatic rings. The number of carbonyl (C=O) groups excluding carboxylic acids is 1. The third-order valence-corrected chi connectivity index (χ3v) is 7.90. The van der Waals surface area contributed by atoms with Crippen LogP contribution in [0.5, 0.6) is 0 Å². The maximum atomic E-state index is 12.8. The monoisotopic (exact) mass is 424 g/mol. The molecular formula is C19H28N4O3S2. The molecule has 2 N–H and O–H groups in total. The van der Waals surface area contributed by atoms with Crippen LogP contribution in [0.2, 0.25) is 0 Å². The number of hydrogen-bond donors (Lipinski definition) is 2. The molecule has 0 unspecified atom stereocenters. The summed E-state index contributed by atoms with van der Waals surface area (Å²) < 4.78 is 28.2. The van der Waals surface area contributed by atoms with E-state index in [1.54, 1.807) is 0 Å². The first-order valence-corrected chi connectivity index (χ1v) is 11.5. The van der Waals surface area contributed by atoms with Gasteiger partial charge in [0.15, 0.2) is 0 Å². The Morgan fingerprint density at radius 3 is 2.00 bits per heavy atom. The molecule has 1 heterocycles. The molecule has 0 saturated carbocycles. The molecule has 9 heteroatoms. The number of carbonyl (C=O) groups is 1. The van der Waals surface area contributed by atoms with E-state index in [1.165, 1.54) is 11.3 Å². The summed E-state index contributed by atoms with van der Waals surface area (Å²) in [5.74, 6) is -0.0678. The third kappa shape index (κ3) is 4.76. The van der Waals surface area contributed by atoms with Crippen LogP contribution in [-0.2, 0) is 14.8 Å². The number of nitrogens with one attached hydrogen (secondary N) is 2. The first-order chi connectivity index (χ1) is 13.0. The van der Waals surface area contributed by atoms with E-state index in [-0.39, 0.29) is 24.8 Å². The van der Waals surface area contributed by atoms with Crippen LogP contribution in [0, 0.1) is 34.6 Å². The van der Waals surface area contributed by atoms with Crippen molar-refractivity contribution in [3.05, 3.63) is 32.8 Å². The summed E-state index contributed by atoms with van der Waals surface area (Å²) in [6.45, 7) is 13.5. The third-order valence-electron chi connectivity index (χ3n) is 5.02. The van der Waals surface area contributed by atoms with E-state index in [4.69, 9.17) is 0 Å². The van der Waals surface area contributed by atoms with Gasteiger partial charge in [0.1, 0.15) is 5.01 Å². The summed E-state index contributed by atoms with van der Waals surface area (Å²) in [7, 11) is -3.71. The van der Waals surface area contributed by atoms with Crippen LogP contribution in [0.15, 0.2) is 4.90 Å². The molecular weight excluding hydrogens is 396 g/mol. The van der Waals surface area contributed by atoms with Gasteiger partial charge in [-0.3, -0.25) is 4.79 Å². The van der Waals surface area contributed by atoms with Gasteiger partial charge in [-0.25, -0.2) is 13.1 Å². The second-order valence-electron chi connectivity index (χ2n) is 7.25. The lowest BCUT2D eigenvalue weighted by Gasteiger charge is -2.19. The maximum Gasteiger partial charge on any atom is 0.241 e. The van der Waals surface area contributed by atoms with Crippen molar-refractivity contribution >= 4 is 32.4 Å². The Kier molecular flexibility index (Phi) is 6.95. The van der Waals surface area contributed by atoms with Crippen LogP contribution in [0.25, 0.3) is 0 Å². The number of aromatic nitrogens is 2. The lowest BCUT2D eigenvalue weighted by atomic mass is 9.95. The Morgan fingerprint density at radius 1 is 0.964 bits per heavy atom. The van der Waals surface area contributed by atoms with Crippen molar-refractivity contribution in [1.29, 1.82) is 0 Å². The molecule has 0 fully saturated rings. The van der Waals surface area contributed by atoms with Crippen molar-refractivity contribution in [2.45, 2.75) is 65.7 Å². The topological polar surface area (TPSA) is 101 Å². The zero-order chi connectivity index (χ0) is 21.2. The van der Waals surface area contributed by atoms with Crippen molar-refractivity contribution in [3.63, 3.8) is 0 Å². The Bertz CT molecular complexity index is 966. The fourth-order valence-corrected chi connectivity index (χ4v) is 5.33. The summed E-state index contributed by atoms with van der Waals surface area (Å²) >= 11 is 1.32. The minimum absolute atomic E-state index is 0.00879. The zero-order valence-corrected chi connectivity index (χ0v) is 19.1. The van der Waals surface area contributed by atoms with Crippen molar-refractivity contribution in [1.82, 2.24) is 14.9 Å². The van der Waals surface area contributed by atoms with Crippen LogP contribution < -0.4 is 10.0 Å². The first kappa shape index (κ1) is 22.4. The molecule has 1 aromatic carbocycles. The molecule has 7 nitrogen and oxygen atoms in total. The molecule has 0 radical (unpaired) electrons. The molecule has 1 amide bonds. The molecule has 154 valence electrons. The van der Waals surface area contributed by atoms with Crippen molar-refractivity contribution in [2.24, 2.45) is 0 Å². The Hall–Kier alpha value is -1.84. The lowest BCUT2D eigenvalue weighted by molar-refractivity contribution is -0.116. The van der Waals surface area contributed by atoms with Gasteiger partial charge in [0.25, 0.3) is 0 Å². The highest BCUT2D eigenvalue weighted by Crippen LogP contribution is 2.29. The Labute approximate surface area is 171 Å². The fraction of sp³-hybridized carbons (Fsp3) is 0.526. The van der Waals surface area contributed by atoms with Gasteiger partial charge in [0.05, 0.1) is 4.90 Å². The van der Waals surface area contributed by atoms with E-state index < -0.39 is 10.0 Å². The normalized spacial score (nSPS) is 11.9. The number of amides is 1. The molecule has 0 aliphatic rings. The average molecular weight is 425 g/mol. The number of nitrogens with zero attached hydrogens (tertiary/aromatic N) is 2. The van der Waals surface area contributed by atoms with Crippen molar-refractivity contribution in [3.8, 4) is 0 Å². The molecule has 0 atom stereocenters. The van der Waals surface area contributed by atoms with E-state index in [0.29, 0.717) is 10.0 Å². The van der Waals surface area contributed by atoms with Crippen molar-refractivity contribution < 1.29 is 13.2 Å². The lowest BCUT2D eigenvalue weighted by Crippen LogP contribution is -2.29. The molecule has 28 heavy (non-hydrogen) atoms. The highest BCUT2D eigenvalue weighted by molar-refractivity contribution is 7.89. The standard InChI is InChI=1S/C19H28N4O3S2/c1-10(2)18-22-23-19(27-18)21-16(24)8-9-20-28(25,26)17-14(6)12(4)11(3)13(5)15(17)7/h10,20H,8-9H2,1-7H3,(H,21,23,24). The van der Waals surface area contributed by atoms with Crippen molar-refractivity contribution in [2.75, 3.05) is 11.9 Å². The Balaban J connectivity index is 2.05. The van der Waals surface area contributed by atoms with Gasteiger partial charge in [-0.15, -0.1) is 10.2 Å². The summed E-state index contributed by atoms with van der Waals surface area (Å²) in [6, 6.07) is 0. The molecule has 0 saturated heterocycles. The SMILES string of the molecule is Cc1c(C)c(C)c(S(=O)(=O)NCCC(=O)Nc2nnc(C(C)C)s2)c(C)c1C. The van der Waals surface area contributed by atoms with E-state index >= 15 is 0 Å². The maximum absolute atomic E-state index is 12.8. The predicted octanol–water partition coefficient (Wildman–Crippen LogP) is 3.51. The van der Waals surface area contributed by atoms with E-state index in [9.17, 15) is 13.2 Å². The summed E-state index contributed by atoms with van der Waals surface area (Å²) in [4.78, 5) is 12.4. The van der Waals surface area contributed by atoms with Crippen LogP contribution in [0.1, 0.15) is 59.0 Å². The summed E-state index contributed by atoms with van der Waals surface area (Å²) in [5, 5.41) is 11.9. The number of hydrogen-bond acceptors (Lipinski definition) is 6. The molecule has 0 bridgehead atoms. The molecule has 0 spiro atoms. The van der Waals surface area contributed by atoms with Gasteiger partial charge in [0, 0.05) is 18.9 Å². The smallest absolute Gasteiger partial charge is 0.241 e. The quantitative estimate of drug-likeness (QED) is 0.708. The van der Waals surface area contributed by atoms with Crippen LogP contribution in [0.3, 0.4) is 0 Å². The molecule has 0 aliphatic carbocycles. The van der Waals surface area contributed by atoms with Gasteiger partial charge in [-0.05, 0) is 62.4 Å².